The van der Waals surface area contributed by atoms with Crippen LogP contribution in [0, 0.1) is 18.0 Å². The number of benzene rings is 5. The maximum atomic E-state index is 8.79. The van der Waals surface area contributed by atoms with E-state index in [0.29, 0.717) is 29.2 Å². The van der Waals surface area contributed by atoms with Crippen LogP contribution in [0.3, 0.4) is 0 Å². The molecule has 0 fully saturated rings. The summed E-state index contributed by atoms with van der Waals surface area (Å²) >= 11 is 0. The van der Waals surface area contributed by atoms with E-state index in [0.717, 1.165) is 21.8 Å². The van der Waals surface area contributed by atoms with Crippen molar-refractivity contribution in [1.29, 1.82) is 5.26 Å². The molecule has 6 aromatic rings. The van der Waals surface area contributed by atoms with Gasteiger partial charge in [-0.1, -0.05) is 140 Å². The number of rotatable bonds is 6. The molecule has 0 unspecified atom stereocenters. The van der Waals surface area contributed by atoms with Gasteiger partial charge in [0.05, 0.1) is 11.6 Å². The van der Waals surface area contributed by atoms with Crippen LogP contribution in [0.25, 0.3) is 21.8 Å². The maximum Gasteiger partial charge on any atom is 0.0991 e. The minimum absolute atomic E-state index is 0. The quantitative estimate of drug-likeness (QED) is 0.124. The van der Waals surface area contributed by atoms with Crippen molar-refractivity contribution in [2.75, 3.05) is 9.80 Å². The van der Waals surface area contributed by atoms with Gasteiger partial charge in [0.2, 0.25) is 0 Å². The predicted octanol–water partition coefficient (Wildman–Crippen LogP) is 12.4. The standard InChI is InChI=1S/C31H39N2.C13H7N2.Au/c1-20(2)24-13-11-14-25(21(3)4)30(24)32-19-33(29-18-10-9-17-28(29)32)31-26(22(5)6)15-12-16-27(31)23(7)8;14-8-9-5-6-11-10-3-1-2-4-12(10)15-13(11)7-9;/h9-23H,1-8H3;1-7H;/q2*-1;. The predicted molar refractivity (Wildman–Crippen MR) is 204 cm³/mol. The number of nitriles is 1. The second-order valence-corrected chi connectivity index (χ2v) is 14.0. The van der Waals surface area contributed by atoms with Gasteiger partial charge < -0.3 is 14.8 Å². The van der Waals surface area contributed by atoms with Gasteiger partial charge in [0, 0.05) is 45.1 Å². The van der Waals surface area contributed by atoms with Gasteiger partial charge >= 0.3 is 0 Å². The van der Waals surface area contributed by atoms with Gasteiger partial charge in [-0.2, -0.15) is 5.26 Å². The molecule has 5 heteroatoms. The number of para-hydroxylation sites is 5. The summed E-state index contributed by atoms with van der Waals surface area (Å²) < 4.78 is 0. The molecule has 1 radical (unpaired) electrons. The molecule has 0 bridgehead atoms. The Labute approximate surface area is 308 Å². The summed E-state index contributed by atoms with van der Waals surface area (Å²) in [6, 6.07) is 38.2. The fraction of sp³-hybridized carbons (Fsp3) is 0.273. The normalized spacial score (nSPS) is 12.5. The first-order valence-corrected chi connectivity index (χ1v) is 17.2. The van der Waals surface area contributed by atoms with E-state index in [1.54, 1.807) is 0 Å². The van der Waals surface area contributed by atoms with Crippen LogP contribution in [0.4, 0.5) is 22.7 Å². The molecule has 255 valence electrons. The SMILES string of the molecule is CC(C)c1cccc(C(C)C)c1N1[CH-]N(c2c(C(C)C)cccc2C(C)C)c2ccccc21.N#Cc1ccc2c(c1)[n-]c1ccccc12.[Au]. The Balaban J connectivity index is 0.000000243. The number of hydrogen-bond donors (Lipinski definition) is 0. The Morgan fingerprint density at radius 3 is 1.41 bits per heavy atom. The first kappa shape index (κ1) is 36.0. The minimum Gasteiger partial charge on any atom is -0.657 e. The van der Waals surface area contributed by atoms with Crippen molar-refractivity contribution < 1.29 is 22.4 Å². The second kappa shape index (κ2) is 15.1. The van der Waals surface area contributed by atoms with Crippen LogP contribution in [0.15, 0.2) is 103 Å². The van der Waals surface area contributed by atoms with Gasteiger partial charge in [-0.15, -0.1) is 17.7 Å². The summed E-state index contributed by atoms with van der Waals surface area (Å²) in [4.78, 5) is 9.36. The summed E-state index contributed by atoms with van der Waals surface area (Å²) in [5.41, 5.74) is 13.3. The molecule has 2 heterocycles. The zero-order valence-corrected chi connectivity index (χ0v) is 32.0. The Morgan fingerprint density at radius 1 is 0.531 bits per heavy atom. The summed E-state index contributed by atoms with van der Waals surface area (Å²) in [6.07, 6.45) is 0. The van der Waals surface area contributed by atoms with Crippen LogP contribution >= 0.6 is 0 Å². The van der Waals surface area contributed by atoms with E-state index in [4.69, 9.17) is 5.26 Å². The van der Waals surface area contributed by atoms with Gasteiger partial charge in [-0.3, -0.25) is 0 Å². The van der Waals surface area contributed by atoms with Crippen LogP contribution in [-0.2, 0) is 22.4 Å². The molecule has 49 heavy (non-hydrogen) atoms. The Kier molecular flexibility index (Phi) is 11.1. The number of anilines is 4. The smallest absolute Gasteiger partial charge is 0.0991 e. The Hall–Kier alpha value is -4.27. The topological polar surface area (TPSA) is 44.4 Å². The van der Waals surface area contributed by atoms with Crippen LogP contribution < -0.4 is 14.8 Å². The molecule has 0 saturated heterocycles. The van der Waals surface area contributed by atoms with Crippen molar-refractivity contribution >= 4 is 44.6 Å². The average Bonchev–Trinajstić information content (AvgIpc) is 3.65. The zero-order valence-electron chi connectivity index (χ0n) is 29.8. The van der Waals surface area contributed by atoms with Crippen molar-refractivity contribution in [3.05, 3.63) is 138 Å². The molecular formula is C44H46AuN4-2. The van der Waals surface area contributed by atoms with Crippen LogP contribution in [0.2, 0.25) is 0 Å². The number of fused-ring (bicyclic) bond motifs is 4. The molecule has 0 N–H and O–H groups in total. The van der Waals surface area contributed by atoms with Gasteiger partial charge in [-0.05, 0) is 74.9 Å². The van der Waals surface area contributed by atoms with Crippen LogP contribution in [-0.4, -0.2) is 0 Å². The molecule has 0 atom stereocenters. The third-order valence-electron chi connectivity index (χ3n) is 9.36. The molecule has 1 aliphatic rings. The van der Waals surface area contributed by atoms with Gasteiger partial charge in [-0.25, -0.2) is 0 Å². The summed E-state index contributed by atoms with van der Waals surface area (Å²) in [5.74, 6) is 1.79. The molecule has 7 rings (SSSR count). The van der Waals surface area contributed by atoms with Gasteiger partial charge in [0.1, 0.15) is 0 Å². The summed E-state index contributed by atoms with van der Waals surface area (Å²) in [5, 5.41) is 11.1. The van der Waals surface area contributed by atoms with Crippen molar-refractivity contribution in [3.63, 3.8) is 0 Å². The maximum absolute atomic E-state index is 8.79. The van der Waals surface area contributed by atoms with Crippen LogP contribution in [0.1, 0.15) is 107 Å². The van der Waals surface area contributed by atoms with E-state index in [1.165, 1.54) is 45.0 Å². The monoisotopic (exact) mass is 827 g/mol. The molecular weight excluding hydrogens is 781 g/mol. The number of aromatic nitrogens is 1. The second-order valence-electron chi connectivity index (χ2n) is 14.0. The van der Waals surface area contributed by atoms with Crippen LogP contribution in [0.5, 0.6) is 0 Å². The van der Waals surface area contributed by atoms with E-state index in [2.05, 4.69) is 150 Å². The Morgan fingerprint density at radius 2 is 0.959 bits per heavy atom. The van der Waals surface area contributed by atoms with Crippen molar-refractivity contribution in [2.24, 2.45) is 0 Å². The number of hydrogen-bond acceptors (Lipinski definition) is 3. The Bertz CT molecular complexity index is 1970. The van der Waals surface area contributed by atoms with Gasteiger partial charge in [0.15, 0.2) is 0 Å². The van der Waals surface area contributed by atoms with Crippen molar-refractivity contribution in [1.82, 2.24) is 4.98 Å². The largest absolute Gasteiger partial charge is 0.657 e. The average molecular weight is 828 g/mol. The first-order chi connectivity index (χ1) is 23.1. The third-order valence-corrected chi connectivity index (χ3v) is 9.36. The fourth-order valence-electron chi connectivity index (χ4n) is 6.90. The molecule has 0 aliphatic carbocycles. The van der Waals surface area contributed by atoms with Crippen molar-refractivity contribution in [2.45, 2.75) is 79.1 Å². The van der Waals surface area contributed by atoms with E-state index in [1.807, 2.05) is 36.4 Å². The van der Waals surface area contributed by atoms with E-state index < -0.39 is 0 Å². The molecule has 0 spiro atoms. The summed E-state index contributed by atoms with van der Waals surface area (Å²) in [7, 11) is 0. The minimum atomic E-state index is 0. The summed E-state index contributed by atoms with van der Waals surface area (Å²) in [6.45, 7) is 20.7. The molecule has 1 aliphatic heterocycles. The van der Waals surface area contributed by atoms with Gasteiger partial charge in [0.25, 0.3) is 0 Å². The van der Waals surface area contributed by atoms with E-state index in [-0.39, 0.29) is 22.4 Å². The first-order valence-electron chi connectivity index (χ1n) is 17.2. The fourth-order valence-corrected chi connectivity index (χ4v) is 6.90. The van der Waals surface area contributed by atoms with E-state index in [9.17, 15) is 0 Å². The molecule has 5 aromatic carbocycles. The number of nitrogens with zero attached hydrogens (tertiary/aromatic N) is 4. The molecule has 1 aromatic heterocycles. The molecule has 0 saturated carbocycles. The third kappa shape index (κ3) is 6.94. The molecule has 4 nitrogen and oxygen atoms in total. The molecule has 0 amide bonds. The van der Waals surface area contributed by atoms with Crippen molar-refractivity contribution in [3.8, 4) is 6.07 Å². The van der Waals surface area contributed by atoms with E-state index >= 15 is 0 Å². The zero-order chi connectivity index (χ0) is 34.1.